The predicted octanol–water partition coefficient (Wildman–Crippen LogP) is 9.03. The first-order chi connectivity index (χ1) is 18.1. The summed E-state index contributed by atoms with van der Waals surface area (Å²) >= 11 is -3.04. The molecule has 0 unspecified atom stereocenters. The van der Waals surface area contributed by atoms with Crippen LogP contribution in [-0.4, -0.2) is 81.9 Å². The van der Waals surface area contributed by atoms with Crippen LogP contribution < -0.4 is 0 Å². The first-order valence-corrected chi connectivity index (χ1v) is 20.8. The first-order valence-electron chi connectivity index (χ1n) is 17.1. The second-order valence-electron chi connectivity index (χ2n) is 11.4. The fraction of sp³-hybridized carbons (Fsp3) is 1.00. The van der Waals surface area contributed by atoms with Crippen LogP contribution in [0.1, 0.15) is 158 Å². The van der Waals surface area contributed by atoms with E-state index in [1.165, 1.54) is 155 Å². The predicted molar refractivity (Wildman–Crippen MR) is 171 cm³/mol. The number of rotatable bonds is 28. The van der Waals surface area contributed by atoms with E-state index < -0.39 is 14.2 Å². The molecule has 0 spiro atoms. The molecular weight excluding hydrogens is 513 g/mol. The van der Waals surface area contributed by atoms with E-state index in [0.717, 1.165) is 0 Å². The van der Waals surface area contributed by atoms with E-state index in [4.69, 9.17) is 0 Å². The van der Waals surface area contributed by atoms with Gasteiger partial charge in [-0.25, -0.2) is 0 Å². The van der Waals surface area contributed by atoms with Crippen molar-refractivity contribution < 1.29 is 0 Å². The summed E-state index contributed by atoms with van der Waals surface area (Å²) in [5, 5.41) is 0. The molecule has 0 radical (unpaired) electrons. The van der Waals surface area contributed by atoms with E-state index in [9.17, 15) is 0 Å². The molecule has 0 aliphatic rings. The molecule has 0 aromatic heterocycles. The average Bonchev–Trinajstić information content (AvgIpc) is 2.92. The number of hydrogen-bond donors (Lipinski definition) is 0. The monoisotopic (exact) mass is 586 g/mol. The van der Waals surface area contributed by atoms with Crippen LogP contribution in [0, 0.1) is 0 Å². The van der Waals surface area contributed by atoms with Gasteiger partial charge < -0.3 is 0 Å². The summed E-state index contributed by atoms with van der Waals surface area (Å²) in [6, 6.07) is 0. The zero-order valence-electron chi connectivity index (χ0n) is 27.3. The van der Waals surface area contributed by atoms with Gasteiger partial charge in [0.25, 0.3) is 0 Å². The van der Waals surface area contributed by atoms with Gasteiger partial charge in [0.05, 0.1) is 0 Å². The summed E-state index contributed by atoms with van der Waals surface area (Å²) in [6.07, 6.45) is 21.2. The summed E-state index contributed by atoms with van der Waals surface area (Å²) in [4.78, 5) is 0. The fourth-order valence-corrected chi connectivity index (χ4v) is 18.4. The second kappa shape index (κ2) is 25.4. The number of unbranched alkanes of at least 4 members (excludes halogenated alkanes) is 8. The standard InChI is InChI=1S/C32H72GeN4/c1-9-17-25-34(26-18-10-2)33(35(27-19-11-3)28-20-12-4,36(29-21-13-5)30-22-14-6)37(31-23-15-7)32-24-16-8/h9-32H2,1-8H3. The summed E-state index contributed by atoms with van der Waals surface area (Å²) in [5.41, 5.74) is 0. The maximum atomic E-state index is 3.19. The van der Waals surface area contributed by atoms with Crippen molar-refractivity contribution in [3.8, 4) is 0 Å². The third kappa shape index (κ3) is 13.5. The maximum absolute atomic E-state index is 3.19. The Bertz CT molecular complexity index is 358. The quantitative estimate of drug-likeness (QED) is 0.0850. The van der Waals surface area contributed by atoms with E-state index in [1.54, 1.807) is 0 Å². The summed E-state index contributed by atoms with van der Waals surface area (Å²) in [6.45, 7) is 29.6. The molecule has 0 aliphatic carbocycles. The SMILES string of the molecule is CCCC[N](CCCC)[Ge]([N](CCCC)CCCC)([N](CCCC)CCCC)[N](CCCC)CCCC. The Morgan fingerprint density at radius 2 is 0.405 bits per heavy atom. The third-order valence-electron chi connectivity index (χ3n) is 7.95. The molecule has 224 valence electrons. The molecule has 0 aliphatic heterocycles. The number of nitrogens with zero attached hydrogens (tertiary/aromatic N) is 4. The minimum absolute atomic E-state index is 1.30. The van der Waals surface area contributed by atoms with Gasteiger partial charge in [0, 0.05) is 0 Å². The second-order valence-corrected chi connectivity index (χ2v) is 19.2. The molecule has 0 aromatic rings. The number of hydrogen-bond acceptors (Lipinski definition) is 4. The molecule has 0 amide bonds. The molecule has 0 heterocycles. The van der Waals surface area contributed by atoms with Gasteiger partial charge in [0.1, 0.15) is 0 Å². The molecule has 0 N–H and O–H groups in total. The van der Waals surface area contributed by atoms with Crippen molar-refractivity contribution in [3.63, 3.8) is 0 Å². The Morgan fingerprint density at radius 3 is 0.514 bits per heavy atom. The molecule has 0 saturated carbocycles. The zero-order chi connectivity index (χ0) is 27.8. The Kier molecular flexibility index (Phi) is 25.6. The van der Waals surface area contributed by atoms with E-state index >= 15 is 0 Å². The van der Waals surface area contributed by atoms with Crippen molar-refractivity contribution in [2.45, 2.75) is 158 Å². The fourth-order valence-electron chi connectivity index (χ4n) is 5.64. The van der Waals surface area contributed by atoms with Gasteiger partial charge in [-0.2, -0.15) is 0 Å². The molecular formula is C32H72GeN4. The molecule has 4 nitrogen and oxygen atoms in total. The average molecular weight is 586 g/mol. The Hall–Kier alpha value is 0.383. The van der Waals surface area contributed by atoms with Crippen molar-refractivity contribution in [2.24, 2.45) is 0 Å². The van der Waals surface area contributed by atoms with E-state index in [1.807, 2.05) is 0 Å². The molecule has 0 atom stereocenters. The van der Waals surface area contributed by atoms with Crippen molar-refractivity contribution >= 4 is 14.2 Å². The normalized spacial score (nSPS) is 12.6. The Balaban J connectivity index is 7.24. The summed E-state index contributed by atoms with van der Waals surface area (Å²) in [7, 11) is 0. The van der Waals surface area contributed by atoms with Crippen molar-refractivity contribution in [2.75, 3.05) is 52.4 Å². The Morgan fingerprint density at radius 1 is 0.270 bits per heavy atom. The van der Waals surface area contributed by atoms with Gasteiger partial charge >= 0.3 is 240 Å². The van der Waals surface area contributed by atoms with Crippen LogP contribution >= 0.6 is 0 Å². The van der Waals surface area contributed by atoms with Crippen molar-refractivity contribution in [1.29, 1.82) is 0 Å². The molecule has 0 bridgehead atoms. The van der Waals surface area contributed by atoms with Crippen LogP contribution in [0.2, 0.25) is 0 Å². The van der Waals surface area contributed by atoms with Crippen LogP contribution in [-0.2, 0) is 0 Å². The van der Waals surface area contributed by atoms with E-state index in [0.29, 0.717) is 0 Å². The summed E-state index contributed by atoms with van der Waals surface area (Å²) in [5.74, 6) is 0. The first kappa shape index (κ1) is 37.4. The molecule has 0 rings (SSSR count). The summed E-state index contributed by atoms with van der Waals surface area (Å²) < 4.78 is 12.8. The molecule has 37 heavy (non-hydrogen) atoms. The van der Waals surface area contributed by atoms with Gasteiger partial charge in [0.15, 0.2) is 0 Å². The molecule has 0 fully saturated rings. The van der Waals surface area contributed by atoms with Gasteiger partial charge in [-0.1, -0.05) is 0 Å². The van der Waals surface area contributed by atoms with Crippen molar-refractivity contribution in [3.05, 3.63) is 0 Å². The topological polar surface area (TPSA) is 13.0 Å². The van der Waals surface area contributed by atoms with Crippen LogP contribution in [0.15, 0.2) is 0 Å². The van der Waals surface area contributed by atoms with E-state index in [-0.39, 0.29) is 0 Å². The van der Waals surface area contributed by atoms with Crippen LogP contribution in [0.5, 0.6) is 0 Å². The van der Waals surface area contributed by atoms with Crippen LogP contribution in [0.4, 0.5) is 0 Å². The Labute approximate surface area is 239 Å². The molecule has 5 heteroatoms. The van der Waals surface area contributed by atoms with Gasteiger partial charge in [0.2, 0.25) is 0 Å². The van der Waals surface area contributed by atoms with Crippen LogP contribution in [0.3, 0.4) is 0 Å². The minimum atomic E-state index is -3.04. The van der Waals surface area contributed by atoms with Gasteiger partial charge in [-0.3, -0.25) is 0 Å². The molecule has 0 saturated heterocycles. The zero-order valence-corrected chi connectivity index (χ0v) is 29.4. The molecule has 0 aromatic carbocycles. The van der Waals surface area contributed by atoms with Crippen LogP contribution in [0.25, 0.3) is 0 Å². The van der Waals surface area contributed by atoms with Gasteiger partial charge in [-0.05, 0) is 0 Å². The van der Waals surface area contributed by atoms with Crippen molar-refractivity contribution in [1.82, 2.24) is 15.4 Å². The van der Waals surface area contributed by atoms with Gasteiger partial charge in [-0.15, -0.1) is 0 Å². The third-order valence-corrected chi connectivity index (χ3v) is 18.8. The van der Waals surface area contributed by atoms with E-state index in [2.05, 4.69) is 70.8 Å².